The number of hydrogen-bond acceptors (Lipinski definition) is 3. The third kappa shape index (κ3) is 3.14. The summed E-state index contributed by atoms with van der Waals surface area (Å²) < 4.78 is 40.5. The van der Waals surface area contributed by atoms with Gasteiger partial charge in [-0.25, -0.2) is 9.50 Å². The Hall–Kier alpha value is -2.61. The molecule has 1 atom stereocenters. The molecule has 1 aromatic carbocycles. The number of alkyl halides is 3. The van der Waals surface area contributed by atoms with Gasteiger partial charge >= 0.3 is 6.18 Å². The van der Waals surface area contributed by atoms with Gasteiger partial charge in [0.15, 0.2) is 11.3 Å². The van der Waals surface area contributed by atoms with Crippen LogP contribution in [-0.4, -0.2) is 31.9 Å². The van der Waals surface area contributed by atoms with Crippen LogP contribution in [0, 0.1) is 0 Å². The van der Waals surface area contributed by atoms with E-state index in [0.717, 1.165) is 17.7 Å². The number of rotatable bonds is 1. The molecular formula is C18H14ClF3N4O. The molecule has 0 spiro atoms. The minimum absolute atomic E-state index is 0.173. The summed E-state index contributed by atoms with van der Waals surface area (Å²) in [5, 5.41) is 4.57. The van der Waals surface area contributed by atoms with Crippen LogP contribution in [-0.2, 0) is 12.6 Å². The van der Waals surface area contributed by atoms with E-state index < -0.39 is 17.8 Å². The molecule has 0 N–H and O–H groups in total. The Balaban J connectivity index is 1.67. The highest BCUT2D eigenvalue weighted by Gasteiger charge is 2.34. The number of amides is 1. The maximum atomic E-state index is 13.0. The fourth-order valence-corrected chi connectivity index (χ4v) is 3.51. The Labute approximate surface area is 157 Å². The predicted molar refractivity (Wildman–Crippen MR) is 92.6 cm³/mol. The summed E-state index contributed by atoms with van der Waals surface area (Å²) in [4.78, 5) is 18.6. The normalized spacial score (nSPS) is 17.2. The van der Waals surface area contributed by atoms with Crippen molar-refractivity contribution in [3.8, 4) is 0 Å². The van der Waals surface area contributed by atoms with Crippen LogP contribution in [0.1, 0.15) is 40.1 Å². The Morgan fingerprint density at radius 1 is 1.30 bits per heavy atom. The van der Waals surface area contributed by atoms with Crippen LogP contribution in [0.5, 0.6) is 0 Å². The predicted octanol–water partition coefficient (Wildman–Crippen LogP) is 4.16. The number of aromatic nitrogens is 3. The van der Waals surface area contributed by atoms with Gasteiger partial charge in [0.25, 0.3) is 5.91 Å². The molecule has 0 fully saturated rings. The first-order chi connectivity index (χ1) is 12.7. The summed E-state index contributed by atoms with van der Waals surface area (Å²) in [6, 6.07) is 4.75. The van der Waals surface area contributed by atoms with E-state index in [-0.39, 0.29) is 11.6 Å². The zero-order valence-electron chi connectivity index (χ0n) is 14.2. The van der Waals surface area contributed by atoms with Gasteiger partial charge in [-0.05, 0) is 36.6 Å². The molecule has 2 aromatic heterocycles. The van der Waals surface area contributed by atoms with Crippen LogP contribution in [0.2, 0.25) is 5.02 Å². The standard InChI is InChI=1S/C18H14ClF3N4O/c1-10-14-6-12(18(20,21)22)3-2-11(14)4-5-25(10)17(27)15-7-16-23-8-13(19)9-26(16)24-15/h2-3,6-10H,4-5H2,1H3. The fraction of sp³-hybridized carbons (Fsp3) is 0.278. The average molecular weight is 395 g/mol. The van der Waals surface area contributed by atoms with E-state index in [1.54, 1.807) is 6.92 Å². The SMILES string of the molecule is CC1c2cc(C(F)(F)F)ccc2CCN1C(=O)c1cc2ncc(Cl)cn2n1. The lowest BCUT2D eigenvalue weighted by Gasteiger charge is -2.35. The fourth-order valence-electron chi connectivity index (χ4n) is 3.37. The minimum Gasteiger partial charge on any atom is -0.330 e. The van der Waals surface area contributed by atoms with Crippen molar-refractivity contribution in [1.82, 2.24) is 19.5 Å². The molecule has 5 nitrogen and oxygen atoms in total. The van der Waals surface area contributed by atoms with Crippen molar-refractivity contribution in [1.29, 1.82) is 0 Å². The molecule has 0 aliphatic carbocycles. The molecular weight excluding hydrogens is 381 g/mol. The number of nitrogens with zero attached hydrogens (tertiary/aromatic N) is 4. The lowest BCUT2D eigenvalue weighted by atomic mass is 9.91. The van der Waals surface area contributed by atoms with Crippen molar-refractivity contribution >= 4 is 23.2 Å². The van der Waals surface area contributed by atoms with Crippen LogP contribution >= 0.6 is 11.6 Å². The lowest BCUT2D eigenvalue weighted by Crippen LogP contribution is -2.39. The third-order valence-electron chi connectivity index (χ3n) is 4.77. The van der Waals surface area contributed by atoms with E-state index in [1.165, 1.54) is 33.9 Å². The summed E-state index contributed by atoms with van der Waals surface area (Å²) in [5.41, 5.74) is 1.26. The zero-order valence-corrected chi connectivity index (χ0v) is 14.9. The molecule has 140 valence electrons. The maximum absolute atomic E-state index is 13.0. The summed E-state index contributed by atoms with van der Waals surface area (Å²) in [5.74, 6) is -0.354. The van der Waals surface area contributed by atoms with Crippen molar-refractivity contribution in [3.63, 3.8) is 0 Å². The highest BCUT2D eigenvalue weighted by atomic mass is 35.5. The molecule has 9 heteroatoms. The van der Waals surface area contributed by atoms with Gasteiger partial charge in [-0.2, -0.15) is 18.3 Å². The van der Waals surface area contributed by atoms with Gasteiger partial charge in [0.1, 0.15) is 0 Å². The van der Waals surface area contributed by atoms with Crippen molar-refractivity contribution in [3.05, 3.63) is 64.1 Å². The van der Waals surface area contributed by atoms with Gasteiger partial charge in [0.05, 0.1) is 22.8 Å². The number of halogens is 4. The number of carbonyl (C=O) groups excluding carboxylic acids is 1. The Kier molecular flexibility index (Phi) is 4.10. The van der Waals surface area contributed by atoms with Crippen molar-refractivity contribution in [2.75, 3.05) is 6.54 Å². The molecule has 1 aliphatic rings. The summed E-state index contributed by atoms with van der Waals surface area (Å²) in [6.45, 7) is 2.13. The maximum Gasteiger partial charge on any atom is 0.416 e. The minimum atomic E-state index is -4.42. The van der Waals surface area contributed by atoms with E-state index in [4.69, 9.17) is 11.6 Å². The second-order valence-electron chi connectivity index (χ2n) is 6.44. The van der Waals surface area contributed by atoms with Gasteiger partial charge in [-0.3, -0.25) is 4.79 Å². The van der Waals surface area contributed by atoms with Crippen molar-refractivity contribution in [2.45, 2.75) is 25.6 Å². The molecule has 1 amide bonds. The van der Waals surface area contributed by atoms with Crippen LogP contribution in [0.4, 0.5) is 13.2 Å². The molecule has 0 saturated carbocycles. The molecule has 4 rings (SSSR count). The summed E-state index contributed by atoms with van der Waals surface area (Å²) >= 11 is 5.88. The zero-order chi connectivity index (χ0) is 19.3. The number of carbonyl (C=O) groups is 1. The lowest BCUT2D eigenvalue weighted by molar-refractivity contribution is -0.137. The monoisotopic (exact) mass is 394 g/mol. The van der Waals surface area contributed by atoms with Crippen molar-refractivity contribution in [2.24, 2.45) is 0 Å². The Morgan fingerprint density at radius 2 is 2.07 bits per heavy atom. The second kappa shape index (κ2) is 6.23. The second-order valence-corrected chi connectivity index (χ2v) is 6.88. The molecule has 3 aromatic rings. The van der Waals surface area contributed by atoms with E-state index in [0.29, 0.717) is 29.2 Å². The van der Waals surface area contributed by atoms with Crippen LogP contribution in [0.15, 0.2) is 36.7 Å². The molecule has 1 aliphatic heterocycles. The Bertz CT molecular complexity index is 1050. The molecule has 1 unspecified atom stereocenters. The van der Waals surface area contributed by atoms with Gasteiger partial charge < -0.3 is 4.90 Å². The van der Waals surface area contributed by atoms with Crippen LogP contribution < -0.4 is 0 Å². The van der Waals surface area contributed by atoms with Gasteiger partial charge in [0, 0.05) is 18.8 Å². The molecule has 0 bridgehead atoms. The van der Waals surface area contributed by atoms with Crippen molar-refractivity contribution < 1.29 is 18.0 Å². The molecule has 0 radical (unpaired) electrons. The topological polar surface area (TPSA) is 50.5 Å². The van der Waals surface area contributed by atoms with Crippen LogP contribution in [0.3, 0.4) is 0 Å². The van der Waals surface area contributed by atoms with E-state index >= 15 is 0 Å². The molecule has 3 heterocycles. The number of fused-ring (bicyclic) bond motifs is 2. The van der Waals surface area contributed by atoms with E-state index in [1.807, 2.05) is 0 Å². The first kappa shape index (κ1) is 17.8. The third-order valence-corrected chi connectivity index (χ3v) is 4.97. The van der Waals surface area contributed by atoms with Gasteiger partial charge in [-0.1, -0.05) is 17.7 Å². The number of benzene rings is 1. The quantitative estimate of drug-likeness (QED) is 0.622. The van der Waals surface area contributed by atoms with Gasteiger partial charge in [-0.15, -0.1) is 0 Å². The average Bonchev–Trinajstić information content (AvgIpc) is 3.03. The highest BCUT2D eigenvalue weighted by Crippen LogP contribution is 2.36. The first-order valence-electron chi connectivity index (χ1n) is 8.26. The largest absolute Gasteiger partial charge is 0.416 e. The van der Waals surface area contributed by atoms with Crippen LogP contribution in [0.25, 0.3) is 5.65 Å². The van der Waals surface area contributed by atoms with E-state index in [9.17, 15) is 18.0 Å². The van der Waals surface area contributed by atoms with Gasteiger partial charge in [0.2, 0.25) is 0 Å². The smallest absolute Gasteiger partial charge is 0.330 e. The Morgan fingerprint density at radius 3 is 2.81 bits per heavy atom. The summed E-state index contributed by atoms with van der Waals surface area (Å²) in [7, 11) is 0. The number of hydrogen-bond donors (Lipinski definition) is 0. The molecule has 0 saturated heterocycles. The summed E-state index contributed by atoms with van der Waals surface area (Å²) in [6.07, 6.45) is -0.953. The first-order valence-corrected chi connectivity index (χ1v) is 8.64. The van der Waals surface area contributed by atoms with E-state index in [2.05, 4.69) is 10.1 Å². The highest BCUT2D eigenvalue weighted by molar-refractivity contribution is 6.30. The molecule has 27 heavy (non-hydrogen) atoms.